The van der Waals surface area contributed by atoms with Crippen molar-refractivity contribution in [2.75, 3.05) is 12.1 Å². The lowest BCUT2D eigenvalue weighted by Gasteiger charge is -2.09. The van der Waals surface area contributed by atoms with Crippen molar-refractivity contribution in [1.29, 1.82) is 0 Å². The molecule has 2 heterocycles. The van der Waals surface area contributed by atoms with Gasteiger partial charge in [0.05, 0.1) is 12.2 Å². The Bertz CT molecular complexity index is 1290. The van der Waals surface area contributed by atoms with Crippen molar-refractivity contribution in [3.63, 3.8) is 0 Å². The van der Waals surface area contributed by atoms with Gasteiger partial charge in [-0.2, -0.15) is 0 Å². The van der Waals surface area contributed by atoms with E-state index in [4.69, 9.17) is 9.47 Å². The standard InChI is InChI=1S/C19H12F3N3O5/c20-11-2-3-12(16(22)15(11)21)24-17(26)10-6-23-19(28)25(18(10)27)7-9-1-4-13-14(5-9)30-8-29-13/h1-6H,7-8H2,(H,23,28)(H,24,26). The van der Waals surface area contributed by atoms with E-state index in [2.05, 4.69) is 4.98 Å². The Balaban J connectivity index is 1.64. The third-order valence-electron chi connectivity index (χ3n) is 4.37. The molecule has 1 aliphatic rings. The number of aromatic amines is 1. The Morgan fingerprint density at radius 3 is 2.63 bits per heavy atom. The molecule has 0 unspecified atom stereocenters. The Labute approximate surface area is 165 Å². The van der Waals surface area contributed by atoms with Gasteiger partial charge >= 0.3 is 5.69 Å². The molecule has 2 aromatic carbocycles. The van der Waals surface area contributed by atoms with Gasteiger partial charge in [0.25, 0.3) is 11.5 Å². The van der Waals surface area contributed by atoms with Gasteiger partial charge in [-0.3, -0.25) is 14.2 Å². The van der Waals surface area contributed by atoms with Crippen LogP contribution in [0.2, 0.25) is 0 Å². The van der Waals surface area contributed by atoms with Crippen molar-refractivity contribution >= 4 is 11.6 Å². The lowest BCUT2D eigenvalue weighted by molar-refractivity contribution is 0.102. The topological polar surface area (TPSA) is 102 Å². The molecule has 1 aromatic heterocycles. The number of benzene rings is 2. The van der Waals surface area contributed by atoms with Gasteiger partial charge < -0.3 is 19.8 Å². The van der Waals surface area contributed by atoms with Gasteiger partial charge in [0.2, 0.25) is 6.79 Å². The molecule has 0 fully saturated rings. The average Bonchev–Trinajstić information content (AvgIpc) is 3.19. The summed E-state index contributed by atoms with van der Waals surface area (Å²) in [6.45, 7) is -0.138. The molecule has 3 aromatic rings. The third-order valence-corrected chi connectivity index (χ3v) is 4.37. The number of nitrogens with one attached hydrogen (secondary N) is 2. The van der Waals surface area contributed by atoms with Gasteiger partial charge in [0, 0.05) is 6.20 Å². The van der Waals surface area contributed by atoms with Gasteiger partial charge in [-0.1, -0.05) is 6.07 Å². The van der Waals surface area contributed by atoms with E-state index in [0.29, 0.717) is 23.1 Å². The van der Waals surface area contributed by atoms with Gasteiger partial charge in [-0.05, 0) is 29.8 Å². The first kappa shape index (κ1) is 19.3. The summed E-state index contributed by atoms with van der Waals surface area (Å²) in [5, 5.41) is 1.99. The Morgan fingerprint density at radius 1 is 1.07 bits per heavy atom. The van der Waals surface area contributed by atoms with E-state index < -0.39 is 45.9 Å². The van der Waals surface area contributed by atoms with E-state index in [1.54, 1.807) is 18.2 Å². The summed E-state index contributed by atoms with van der Waals surface area (Å²) < 4.78 is 51.4. The molecule has 1 aliphatic heterocycles. The highest BCUT2D eigenvalue weighted by Crippen LogP contribution is 2.32. The third kappa shape index (κ3) is 3.41. The van der Waals surface area contributed by atoms with E-state index in [-0.39, 0.29) is 13.3 Å². The normalized spacial score (nSPS) is 12.1. The number of ether oxygens (including phenoxy) is 2. The maximum atomic E-state index is 13.8. The first-order chi connectivity index (χ1) is 14.3. The number of anilines is 1. The predicted molar refractivity (Wildman–Crippen MR) is 97.3 cm³/mol. The fraction of sp³-hybridized carbons (Fsp3) is 0.105. The van der Waals surface area contributed by atoms with Crippen LogP contribution in [-0.2, 0) is 6.54 Å². The van der Waals surface area contributed by atoms with Crippen LogP contribution in [0, 0.1) is 17.5 Å². The highest BCUT2D eigenvalue weighted by atomic mass is 19.2. The smallest absolute Gasteiger partial charge is 0.328 e. The lowest BCUT2D eigenvalue weighted by atomic mass is 10.2. The molecule has 8 nitrogen and oxygen atoms in total. The number of carbonyl (C=O) groups is 1. The van der Waals surface area contributed by atoms with Crippen molar-refractivity contribution in [2.45, 2.75) is 6.54 Å². The minimum Gasteiger partial charge on any atom is -0.454 e. The monoisotopic (exact) mass is 419 g/mol. The number of carbonyl (C=O) groups excluding carboxylic acids is 1. The second kappa shape index (κ2) is 7.43. The van der Waals surface area contributed by atoms with Crippen LogP contribution in [0.4, 0.5) is 18.9 Å². The fourth-order valence-corrected chi connectivity index (χ4v) is 2.85. The Hall–Kier alpha value is -4.02. The van der Waals surface area contributed by atoms with Crippen LogP contribution in [-0.4, -0.2) is 22.3 Å². The van der Waals surface area contributed by atoms with Crippen LogP contribution < -0.4 is 26.0 Å². The molecule has 1 amide bonds. The molecule has 0 spiro atoms. The van der Waals surface area contributed by atoms with Gasteiger partial charge in [-0.25, -0.2) is 18.0 Å². The van der Waals surface area contributed by atoms with Crippen LogP contribution in [0.3, 0.4) is 0 Å². The fourth-order valence-electron chi connectivity index (χ4n) is 2.85. The van der Waals surface area contributed by atoms with Crippen molar-refractivity contribution in [3.8, 4) is 11.5 Å². The molecule has 0 aliphatic carbocycles. The largest absolute Gasteiger partial charge is 0.454 e. The van der Waals surface area contributed by atoms with E-state index in [9.17, 15) is 27.6 Å². The molecule has 11 heteroatoms. The lowest BCUT2D eigenvalue weighted by Crippen LogP contribution is -2.39. The number of H-pyrrole nitrogens is 1. The Morgan fingerprint density at radius 2 is 1.83 bits per heavy atom. The summed E-state index contributed by atoms with van der Waals surface area (Å²) in [5.41, 5.74) is -2.41. The van der Waals surface area contributed by atoms with E-state index in [1.807, 2.05) is 5.32 Å². The zero-order valence-electron chi connectivity index (χ0n) is 15.0. The second-order valence-corrected chi connectivity index (χ2v) is 6.26. The van der Waals surface area contributed by atoms with E-state index in [0.717, 1.165) is 16.8 Å². The van der Waals surface area contributed by atoms with Gasteiger partial charge in [-0.15, -0.1) is 0 Å². The molecule has 2 N–H and O–H groups in total. The van der Waals surface area contributed by atoms with Gasteiger partial charge in [0.15, 0.2) is 29.0 Å². The summed E-state index contributed by atoms with van der Waals surface area (Å²) in [5.74, 6) is -4.97. The molecule has 30 heavy (non-hydrogen) atoms. The average molecular weight is 419 g/mol. The number of hydrogen-bond donors (Lipinski definition) is 2. The number of nitrogens with zero attached hydrogens (tertiary/aromatic N) is 1. The highest BCUT2D eigenvalue weighted by molar-refractivity contribution is 6.03. The summed E-state index contributed by atoms with van der Waals surface area (Å²) in [6, 6.07) is 6.24. The minimum absolute atomic E-state index is 0.0511. The first-order valence-corrected chi connectivity index (χ1v) is 8.51. The van der Waals surface area contributed by atoms with E-state index in [1.165, 1.54) is 0 Å². The zero-order valence-corrected chi connectivity index (χ0v) is 15.0. The van der Waals surface area contributed by atoms with Crippen LogP contribution in [0.25, 0.3) is 0 Å². The summed E-state index contributed by atoms with van der Waals surface area (Å²) >= 11 is 0. The van der Waals surface area contributed by atoms with E-state index >= 15 is 0 Å². The van der Waals surface area contributed by atoms with Crippen LogP contribution in [0.1, 0.15) is 15.9 Å². The molecule has 0 saturated heterocycles. The molecule has 0 saturated carbocycles. The molecule has 0 radical (unpaired) electrons. The predicted octanol–water partition coefficient (Wildman–Crippen LogP) is 1.98. The molecular formula is C19H12F3N3O5. The van der Waals surface area contributed by atoms with Crippen molar-refractivity contribution in [3.05, 3.63) is 85.9 Å². The number of hydrogen-bond acceptors (Lipinski definition) is 5. The van der Waals surface area contributed by atoms with Crippen molar-refractivity contribution in [1.82, 2.24) is 9.55 Å². The minimum atomic E-state index is -1.77. The molecular weight excluding hydrogens is 407 g/mol. The zero-order chi connectivity index (χ0) is 21.4. The van der Waals surface area contributed by atoms with Crippen LogP contribution >= 0.6 is 0 Å². The SMILES string of the molecule is O=C(Nc1ccc(F)c(F)c1F)c1c[nH]c(=O)n(Cc2ccc3c(c2)OCO3)c1=O. The first-order valence-electron chi connectivity index (χ1n) is 8.51. The number of rotatable bonds is 4. The Kier molecular flexibility index (Phi) is 4.78. The second-order valence-electron chi connectivity index (χ2n) is 6.26. The summed E-state index contributed by atoms with van der Waals surface area (Å²) in [4.78, 5) is 39.4. The summed E-state index contributed by atoms with van der Waals surface area (Å²) in [7, 11) is 0. The number of halogens is 3. The van der Waals surface area contributed by atoms with Crippen molar-refractivity contribution in [2.24, 2.45) is 0 Å². The van der Waals surface area contributed by atoms with Crippen molar-refractivity contribution < 1.29 is 27.4 Å². The molecule has 154 valence electrons. The maximum Gasteiger partial charge on any atom is 0.328 e. The maximum absolute atomic E-state index is 13.8. The van der Waals surface area contributed by atoms with Gasteiger partial charge in [0.1, 0.15) is 5.56 Å². The number of fused-ring (bicyclic) bond motifs is 1. The van der Waals surface area contributed by atoms with Crippen LogP contribution in [0.15, 0.2) is 46.1 Å². The molecule has 0 atom stereocenters. The molecule has 4 rings (SSSR count). The summed E-state index contributed by atoms with van der Waals surface area (Å²) in [6.07, 6.45) is 0.855. The quantitative estimate of drug-likeness (QED) is 0.630. The highest BCUT2D eigenvalue weighted by Gasteiger charge is 2.20. The number of aromatic nitrogens is 2. The van der Waals surface area contributed by atoms with Crippen LogP contribution in [0.5, 0.6) is 11.5 Å². The number of amides is 1. The molecule has 0 bridgehead atoms.